The van der Waals surface area contributed by atoms with Crippen molar-refractivity contribution in [1.29, 1.82) is 0 Å². The van der Waals surface area contributed by atoms with E-state index in [1.807, 2.05) is 18.2 Å². The van der Waals surface area contributed by atoms with Crippen molar-refractivity contribution in [2.75, 3.05) is 13.6 Å². The third-order valence-corrected chi connectivity index (χ3v) is 4.87. The van der Waals surface area contributed by atoms with E-state index in [2.05, 4.69) is 4.98 Å². The van der Waals surface area contributed by atoms with Crippen LogP contribution in [0.5, 0.6) is 5.75 Å². The molecule has 2 aromatic rings. The highest BCUT2D eigenvalue weighted by Gasteiger charge is 2.23. The van der Waals surface area contributed by atoms with Crippen LogP contribution in [0.2, 0.25) is 0 Å². The van der Waals surface area contributed by atoms with E-state index in [1.54, 1.807) is 18.3 Å². The molecule has 0 spiro atoms. The van der Waals surface area contributed by atoms with Gasteiger partial charge in [0, 0.05) is 31.9 Å². The summed E-state index contributed by atoms with van der Waals surface area (Å²) < 4.78 is 25.9. The molecule has 0 fully saturated rings. The van der Waals surface area contributed by atoms with Gasteiger partial charge in [-0.3, -0.25) is 4.98 Å². The zero-order valence-corrected chi connectivity index (χ0v) is 11.9. The second kappa shape index (κ2) is 6.02. The molecule has 0 saturated carbocycles. The van der Waals surface area contributed by atoms with Crippen molar-refractivity contribution in [3.63, 3.8) is 0 Å². The molecule has 6 heteroatoms. The summed E-state index contributed by atoms with van der Waals surface area (Å²) in [6.07, 6.45) is 2.19. The Hall–Kier alpha value is -1.92. The molecule has 5 nitrogen and oxygen atoms in total. The summed E-state index contributed by atoms with van der Waals surface area (Å²) in [6.45, 7) is 0.299. The van der Waals surface area contributed by atoms with Crippen molar-refractivity contribution in [2.24, 2.45) is 0 Å². The monoisotopic (exact) mass is 292 g/mol. The van der Waals surface area contributed by atoms with Gasteiger partial charge in [-0.05, 0) is 24.3 Å². The largest absolute Gasteiger partial charge is 0.507 e. The van der Waals surface area contributed by atoms with Crippen LogP contribution in [-0.4, -0.2) is 36.4 Å². The number of aromatic hydroxyl groups is 1. The molecule has 1 aromatic heterocycles. The summed E-state index contributed by atoms with van der Waals surface area (Å²) in [5.74, 6) is -0.239. The lowest BCUT2D eigenvalue weighted by Gasteiger charge is -2.17. The molecule has 0 amide bonds. The van der Waals surface area contributed by atoms with Gasteiger partial charge in [0.05, 0.1) is 0 Å². The molecule has 0 aliphatic heterocycles. The number of sulfonamides is 1. The third-order valence-electron chi connectivity index (χ3n) is 2.96. The molecular formula is C14H16N2O3S. The Labute approximate surface area is 118 Å². The van der Waals surface area contributed by atoms with Crippen LogP contribution in [0.1, 0.15) is 5.69 Å². The number of phenolic OH excluding ortho intramolecular Hbond substituents is 1. The van der Waals surface area contributed by atoms with Gasteiger partial charge in [-0.1, -0.05) is 18.2 Å². The maximum absolute atomic E-state index is 12.3. The van der Waals surface area contributed by atoms with Crippen molar-refractivity contribution in [3.8, 4) is 5.75 Å². The van der Waals surface area contributed by atoms with Gasteiger partial charge in [0.1, 0.15) is 10.6 Å². The lowest BCUT2D eigenvalue weighted by atomic mass is 10.3. The molecule has 0 unspecified atom stereocenters. The van der Waals surface area contributed by atoms with Crippen LogP contribution in [0.4, 0.5) is 0 Å². The quantitative estimate of drug-likeness (QED) is 0.909. The SMILES string of the molecule is CN(CCc1ccccn1)S(=O)(=O)c1ccccc1O. The van der Waals surface area contributed by atoms with Crippen molar-refractivity contribution >= 4 is 10.0 Å². The third kappa shape index (κ3) is 3.15. The van der Waals surface area contributed by atoms with Gasteiger partial charge in [-0.2, -0.15) is 0 Å². The Morgan fingerprint density at radius 3 is 2.50 bits per heavy atom. The van der Waals surface area contributed by atoms with Gasteiger partial charge < -0.3 is 5.11 Å². The summed E-state index contributed by atoms with van der Waals surface area (Å²) >= 11 is 0. The minimum Gasteiger partial charge on any atom is -0.507 e. The van der Waals surface area contributed by atoms with Crippen LogP contribution in [-0.2, 0) is 16.4 Å². The molecule has 2 rings (SSSR count). The Morgan fingerprint density at radius 1 is 1.15 bits per heavy atom. The van der Waals surface area contributed by atoms with Crippen molar-refractivity contribution in [1.82, 2.24) is 9.29 Å². The number of hydrogen-bond donors (Lipinski definition) is 1. The van der Waals surface area contributed by atoms with Crippen molar-refractivity contribution in [3.05, 3.63) is 54.4 Å². The molecule has 0 saturated heterocycles. The van der Waals surface area contributed by atoms with E-state index >= 15 is 0 Å². The number of likely N-dealkylation sites (N-methyl/N-ethyl adjacent to an activating group) is 1. The van der Waals surface area contributed by atoms with Gasteiger partial charge in [-0.15, -0.1) is 0 Å². The standard InChI is InChI=1S/C14H16N2O3S/c1-16(11-9-12-6-4-5-10-15-12)20(18,19)14-8-3-2-7-13(14)17/h2-8,10,17H,9,11H2,1H3. The fourth-order valence-corrected chi connectivity index (χ4v) is 3.03. The number of para-hydroxylation sites is 1. The first-order valence-corrected chi connectivity index (χ1v) is 7.60. The second-order valence-electron chi connectivity index (χ2n) is 4.37. The number of hydrogen-bond acceptors (Lipinski definition) is 4. The number of aromatic nitrogens is 1. The molecule has 0 bridgehead atoms. The normalized spacial score (nSPS) is 11.7. The molecule has 1 aromatic carbocycles. The number of phenols is 1. The van der Waals surface area contributed by atoms with Crippen molar-refractivity contribution in [2.45, 2.75) is 11.3 Å². The smallest absolute Gasteiger partial charge is 0.246 e. The van der Waals surface area contributed by atoms with Crippen LogP contribution in [0.25, 0.3) is 0 Å². The summed E-state index contributed by atoms with van der Waals surface area (Å²) in [5, 5.41) is 9.66. The van der Waals surface area contributed by atoms with Gasteiger partial charge >= 0.3 is 0 Å². The summed E-state index contributed by atoms with van der Waals surface area (Å²) in [4.78, 5) is 4.07. The van der Waals surface area contributed by atoms with Gasteiger partial charge in [-0.25, -0.2) is 12.7 Å². The Bertz CT molecular complexity index is 672. The Balaban J connectivity index is 2.12. The average Bonchev–Trinajstić information content (AvgIpc) is 2.46. The molecule has 0 radical (unpaired) electrons. The van der Waals surface area contributed by atoms with Crippen LogP contribution < -0.4 is 0 Å². The minimum absolute atomic E-state index is 0.0801. The summed E-state index contributed by atoms with van der Waals surface area (Å²) in [5.41, 5.74) is 0.826. The summed E-state index contributed by atoms with van der Waals surface area (Å²) in [6, 6.07) is 11.4. The van der Waals surface area contributed by atoms with Crippen molar-refractivity contribution < 1.29 is 13.5 Å². The van der Waals surface area contributed by atoms with Crippen LogP contribution in [0, 0.1) is 0 Å². The zero-order valence-electron chi connectivity index (χ0n) is 11.1. The molecule has 1 N–H and O–H groups in total. The highest BCUT2D eigenvalue weighted by Crippen LogP contribution is 2.24. The van der Waals surface area contributed by atoms with Crippen LogP contribution in [0.3, 0.4) is 0 Å². The lowest BCUT2D eigenvalue weighted by Crippen LogP contribution is -2.29. The zero-order chi connectivity index (χ0) is 14.6. The number of nitrogens with zero attached hydrogens (tertiary/aromatic N) is 2. The summed E-state index contributed by atoms with van der Waals surface area (Å²) in [7, 11) is -2.19. The number of benzene rings is 1. The molecule has 0 aliphatic carbocycles. The van der Waals surface area contributed by atoms with Gasteiger partial charge in [0.25, 0.3) is 0 Å². The Morgan fingerprint density at radius 2 is 1.85 bits per heavy atom. The first kappa shape index (κ1) is 14.5. The van der Waals surface area contributed by atoms with E-state index in [0.717, 1.165) is 5.69 Å². The van der Waals surface area contributed by atoms with Crippen LogP contribution >= 0.6 is 0 Å². The van der Waals surface area contributed by atoms with E-state index in [9.17, 15) is 13.5 Å². The predicted molar refractivity (Wildman–Crippen MR) is 75.9 cm³/mol. The maximum atomic E-state index is 12.3. The maximum Gasteiger partial charge on any atom is 0.246 e. The topological polar surface area (TPSA) is 70.5 Å². The lowest BCUT2D eigenvalue weighted by molar-refractivity contribution is 0.442. The fraction of sp³-hybridized carbons (Fsp3) is 0.214. The predicted octanol–water partition coefficient (Wildman–Crippen LogP) is 1.65. The fourth-order valence-electron chi connectivity index (χ4n) is 1.78. The van der Waals surface area contributed by atoms with E-state index in [0.29, 0.717) is 13.0 Å². The van der Waals surface area contributed by atoms with Gasteiger partial charge in [0.15, 0.2) is 0 Å². The van der Waals surface area contributed by atoms with Crippen LogP contribution in [0.15, 0.2) is 53.6 Å². The van der Waals surface area contributed by atoms with E-state index in [1.165, 1.54) is 23.5 Å². The van der Waals surface area contributed by atoms with Gasteiger partial charge in [0.2, 0.25) is 10.0 Å². The first-order chi connectivity index (χ1) is 9.51. The average molecular weight is 292 g/mol. The number of rotatable bonds is 5. The second-order valence-corrected chi connectivity index (χ2v) is 6.38. The highest BCUT2D eigenvalue weighted by molar-refractivity contribution is 7.89. The molecule has 106 valence electrons. The number of pyridine rings is 1. The first-order valence-electron chi connectivity index (χ1n) is 6.16. The molecule has 1 heterocycles. The highest BCUT2D eigenvalue weighted by atomic mass is 32.2. The molecule has 20 heavy (non-hydrogen) atoms. The van der Waals surface area contributed by atoms with E-state index in [4.69, 9.17) is 0 Å². The molecule has 0 atom stereocenters. The Kier molecular flexibility index (Phi) is 4.36. The van der Waals surface area contributed by atoms with E-state index < -0.39 is 10.0 Å². The molecular weight excluding hydrogens is 276 g/mol. The molecule has 0 aliphatic rings. The minimum atomic E-state index is -3.68. The van der Waals surface area contributed by atoms with E-state index in [-0.39, 0.29) is 10.6 Å².